The van der Waals surface area contributed by atoms with Crippen LogP contribution in [-0.2, 0) is 14.3 Å². The van der Waals surface area contributed by atoms with Gasteiger partial charge in [-0.15, -0.1) is 11.8 Å². The lowest BCUT2D eigenvalue weighted by molar-refractivity contribution is -0.112. The monoisotopic (exact) mass is 537 g/mol. The zero-order chi connectivity index (χ0) is 27.3. The topological polar surface area (TPSA) is 132 Å². The summed E-state index contributed by atoms with van der Waals surface area (Å²) in [6.07, 6.45) is 2.16. The molecule has 0 saturated heterocycles. The summed E-state index contributed by atoms with van der Waals surface area (Å²) in [5, 5.41) is 14.7. The highest BCUT2D eigenvalue weighted by molar-refractivity contribution is 7.98. The number of carbonyl (C=O) groups is 2. The number of aliphatic hydroxyl groups excluding tert-OH is 1. The van der Waals surface area contributed by atoms with Crippen molar-refractivity contribution in [3.8, 4) is 5.75 Å². The molecule has 3 aromatic carbocycles. The van der Waals surface area contributed by atoms with Crippen molar-refractivity contribution in [1.82, 2.24) is 0 Å². The van der Waals surface area contributed by atoms with Crippen LogP contribution in [0.15, 0.2) is 89.8 Å². The smallest absolute Gasteiger partial charge is 0.412 e. The van der Waals surface area contributed by atoms with Crippen LogP contribution in [0, 0.1) is 0 Å². The molecule has 0 fully saturated rings. The van der Waals surface area contributed by atoms with Gasteiger partial charge in [-0.1, -0.05) is 30.3 Å². The molecule has 10 heteroatoms. The minimum atomic E-state index is -0.994. The number of carbonyl (C=O) groups excluding carboxylic acids is 2. The molecular weight excluding hydrogens is 506 g/mol. The molecule has 3 rings (SSSR count). The standard InChI is InChI=1S/C28H31N3O6S/c1-35-25(15-16-26(33)31-23-9-5-4-8-22(23)29)27(21-7-3-6-10-24(21)36-18-17-32)37-28(34)30-19-11-13-20(38-2)14-12-19/h3-16,25,27,32H,17-18,29H2,1-2H3,(H,30,34)(H,31,33)/b16-15+/t25-,27-/m1/s1. The SMILES string of the molecule is CO[C@H](/C=C/C(=O)Nc1ccccc1N)[C@H](OC(=O)Nc1ccc(SC)cc1)c1ccccc1OCCO. The number of aliphatic hydroxyl groups is 1. The molecule has 3 aromatic rings. The third kappa shape index (κ3) is 8.27. The molecule has 0 heterocycles. The van der Waals surface area contributed by atoms with Gasteiger partial charge in [-0.25, -0.2) is 4.79 Å². The molecule has 0 aromatic heterocycles. The van der Waals surface area contributed by atoms with Gasteiger partial charge in [-0.3, -0.25) is 10.1 Å². The Morgan fingerprint density at radius 3 is 2.42 bits per heavy atom. The Kier molecular flexibility index (Phi) is 11.0. The lowest BCUT2D eigenvalue weighted by Gasteiger charge is -2.26. The number of hydrogen-bond donors (Lipinski definition) is 4. The van der Waals surface area contributed by atoms with Crippen LogP contribution >= 0.6 is 11.8 Å². The molecule has 9 nitrogen and oxygen atoms in total. The number of anilines is 3. The summed E-state index contributed by atoms with van der Waals surface area (Å²) in [4.78, 5) is 26.6. The molecule has 0 radical (unpaired) electrons. The minimum absolute atomic E-state index is 0.0477. The third-order valence-corrected chi connectivity index (χ3v) is 6.11. The van der Waals surface area contributed by atoms with Crippen molar-refractivity contribution in [2.45, 2.75) is 17.1 Å². The summed E-state index contributed by atoms with van der Waals surface area (Å²) < 4.78 is 17.1. The highest BCUT2D eigenvalue weighted by atomic mass is 32.2. The highest BCUT2D eigenvalue weighted by Crippen LogP contribution is 2.32. The Morgan fingerprint density at radius 2 is 1.74 bits per heavy atom. The van der Waals surface area contributed by atoms with Crippen LogP contribution < -0.4 is 21.1 Å². The molecule has 0 unspecified atom stereocenters. The van der Waals surface area contributed by atoms with Gasteiger partial charge in [0.15, 0.2) is 6.10 Å². The Labute approximate surface area is 226 Å². The average molecular weight is 538 g/mol. The molecule has 2 atom stereocenters. The Balaban J connectivity index is 1.84. The molecule has 0 bridgehead atoms. The number of nitrogen functional groups attached to an aromatic ring is 1. The number of thioether (sulfide) groups is 1. The van der Waals surface area contributed by atoms with Crippen LogP contribution in [0.4, 0.5) is 21.9 Å². The van der Waals surface area contributed by atoms with Crippen molar-refractivity contribution >= 4 is 40.8 Å². The molecule has 200 valence electrons. The van der Waals surface area contributed by atoms with Gasteiger partial charge in [0.1, 0.15) is 18.5 Å². The van der Waals surface area contributed by atoms with E-state index in [2.05, 4.69) is 10.6 Å². The summed E-state index contributed by atoms with van der Waals surface area (Å²) in [6.45, 7) is -0.144. The van der Waals surface area contributed by atoms with Crippen LogP contribution in [0.5, 0.6) is 5.75 Å². The van der Waals surface area contributed by atoms with Gasteiger partial charge in [0.2, 0.25) is 5.91 Å². The summed E-state index contributed by atoms with van der Waals surface area (Å²) in [7, 11) is 1.44. The first-order valence-electron chi connectivity index (χ1n) is 11.8. The molecule has 0 saturated carbocycles. The second-order valence-electron chi connectivity index (χ2n) is 7.93. The number of methoxy groups -OCH3 is 1. The maximum atomic E-state index is 12.9. The lowest BCUT2D eigenvalue weighted by atomic mass is 10.0. The van der Waals surface area contributed by atoms with Crippen LogP contribution in [0.1, 0.15) is 11.7 Å². The van der Waals surface area contributed by atoms with E-state index in [4.69, 9.17) is 19.9 Å². The van der Waals surface area contributed by atoms with Gasteiger partial charge in [0.25, 0.3) is 0 Å². The number of amides is 2. The van der Waals surface area contributed by atoms with Crippen LogP contribution in [0.2, 0.25) is 0 Å². The molecule has 0 aliphatic heterocycles. The van der Waals surface area contributed by atoms with Crippen LogP contribution in [-0.4, -0.2) is 49.8 Å². The normalized spacial score (nSPS) is 12.5. The summed E-state index contributed by atoms with van der Waals surface area (Å²) >= 11 is 1.59. The zero-order valence-electron chi connectivity index (χ0n) is 21.1. The fourth-order valence-corrected chi connectivity index (χ4v) is 3.93. The van der Waals surface area contributed by atoms with E-state index in [0.29, 0.717) is 28.4 Å². The minimum Gasteiger partial charge on any atom is -0.491 e. The van der Waals surface area contributed by atoms with Crippen LogP contribution in [0.3, 0.4) is 0 Å². The number of nitrogens with two attached hydrogens (primary N) is 1. The van der Waals surface area contributed by atoms with Crippen molar-refractivity contribution in [1.29, 1.82) is 0 Å². The molecule has 38 heavy (non-hydrogen) atoms. The van der Waals surface area contributed by atoms with Gasteiger partial charge in [-0.05, 0) is 54.8 Å². The average Bonchev–Trinajstić information content (AvgIpc) is 2.93. The fourth-order valence-electron chi connectivity index (χ4n) is 3.52. The molecule has 2 amide bonds. The van der Waals surface area contributed by atoms with Crippen molar-refractivity contribution < 1.29 is 28.9 Å². The summed E-state index contributed by atoms with van der Waals surface area (Å²) in [6, 6.07) is 21.1. The van der Waals surface area contributed by atoms with Crippen molar-refractivity contribution in [3.05, 3.63) is 90.5 Å². The van der Waals surface area contributed by atoms with E-state index < -0.39 is 24.2 Å². The predicted octanol–water partition coefficient (Wildman–Crippen LogP) is 4.86. The zero-order valence-corrected chi connectivity index (χ0v) is 21.9. The molecule has 5 N–H and O–H groups in total. The van der Waals surface area contributed by atoms with Gasteiger partial charge in [0.05, 0.1) is 18.0 Å². The molecule has 0 aliphatic carbocycles. The Hall–Kier alpha value is -3.99. The second kappa shape index (κ2) is 14.7. The van der Waals surface area contributed by atoms with E-state index in [1.165, 1.54) is 19.3 Å². The summed E-state index contributed by atoms with van der Waals surface area (Å²) in [5.41, 5.74) is 7.86. The van der Waals surface area contributed by atoms with E-state index in [-0.39, 0.29) is 13.2 Å². The number of para-hydroxylation sites is 3. The quantitative estimate of drug-likeness (QED) is 0.146. The van der Waals surface area contributed by atoms with E-state index >= 15 is 0 Å². The van der Waals surface area contributed by atoms with Crippen molar-refractivity contribution in [3.63, 3.8) is 0 Å². The Morgan fingerprint density at radius 1 is 1.03 bits per heavy atom. The number of ether oxygens (including phenoxy) is 3. The van der Waals surface area contributed by atoms with Crippen molar-refractivity contribution in [2.75, 3.05) is 42.9 Å². The lowest BCUT2D eigenvalue weighted by Crippen LogP contribution is -2.27. The molecular formula is C28H31N3O6S. The first-order chi connectivity index (χ1) is 18.4. The van der Waals surface area contributed by atoms with Gasteiger partial charge >= 0.3 is 6.09 Å². The third-order valence-electron chi connectivity index (χ3n) is 5.37. The molecule has 0 aliphatic rings. The predicted molar refractivity (Wildman–Crippen MR) is 150 cm³/mol. The van der Waals surface area contributed by atoms with Gasteiger partial charge < -0.3 is 30.4 Å². The summed E-state index contributed by atoms with van der Waals surface area (Å²) in [5.74, 6) is -0.0347. The first kappa shape index (κ1) is 28.6. The fraction of sp³-hybridized carbons (Fsp3) is 0.214. The number of hydrogen-bond acceptors (Lipinski definition) is 8. The van der Waals surface area contributed by atoms with E-state index in [1.54, 1.807) is 72.4 Å². The highest BCUT2D eigenvalue weighted by Gasteiger charge is 2.28. The first-order valence-corrected chi connectivity index (χ1v) is 13.0. The van der Waals surface area contributed by atoms with Crippen LogP contribution in [0.25, 0.3) is 0 Å². The number of rotatable bonds is 12. The van der Waals surface area contributed by atoms with Gasteiger partial charge in [-0.2, -0.15) is 0 Å². The molecule has 0 spiro atoms. The maximum Gasteiger partial charge on any atom is 0.412 e. The van der Waals surface area contributed by atoms with E-state index in [0.717, 1.165) is 4.90 Å². The van der Waals surface area contributed by atoms with E-state index in [9.17, 15) is 14.7 Å². The number of nitrogens with one attached hydrogen (secondary N) is 2. The van der Waals surface area contributed by atoms with Gasteiger partial charge in [0, 0.05) is 29.3 Å². The number of benzene rings is 3. The largest absolute Gasteiger partial charge is 0.491 e. The van der Waals surface area contributed by atoms with E-state index in [1.807, 2.05) is 18.4 Å². The van der Waals surface area contributed by atoms with Crippen molar-refractivity contribution in [2.24, 2.45) is 0 Å². The maximum absolute atomic E-state index is 12.9. The second-order valence-corrected chi connectivity index (χ2v) is 8.80. The Bertz CT molecular complexity index is 1240.